The van der Waals surface area contributed by atoms with Crippen LogP contribution in [-0.2, 0) is 30.5 Å². The first-order valence-electron chi connectivity index (χ1n) is 8.35. The van der Waals surface area contributed by atoms with Crippen LogP contribution < -0.4 is 5.73 Å². The molecule has 2 aromatic heterocycles. The van der Waals surface area contributed by atoms with Gasteiger partial charge in [-0.05, 0) is 49.4 Å². The Morgan fingerprint density at radius 2 is 2.12 bits per heavy atom. The Kier molecular flexibility index (Phi) is 4.09. The van der Waals surface area contributed by atoms with E-state index < -0.39 is 5.91 Å². The van der Waals surface area contributed by atoms with Crippen LogP contribution in [0.4, 0.5) is 0 Å². The van der Waals surface area contributed by atoms with Crippen molar-refractivity contribution in [3.8, 4) is 5.69 Å². The molecule has 0 saturated carbocycles. The zero-order valence-corrected chi connectivity index (χ0v) is 14.8. The Bertz CT molecular complexity index is 943. The highest BCUT2D eigenvalue weighted by Gasteiger charge is 2.17. The number of carbonyl (C=O) groups excluding carboxylic acids is 1. The Hall–Kier alpha value is -2.54. The van der Waals surface area contributed by atoms with Crippen molar-refractivity contribution in [1.82, 2.24) is 19.7 Å². The number of hydrogen-bond acceptors (Lipinski definition) is 5. The first kappa shape index (κ1) is 16.0. The molecule has 4 rings (SSSR count). The number of amides is 1. The molecule has 0 radical (unpaired) electrons. The number of aryl methyl sites for hydroxylation is 3. The van der Waals surface area contributed by atoms with Gasteiger partial charge < -0.3 is 5.73 Å². The standard InChI is InChI=1S/C18H19N5OS/c1-11-20-14(10-25-11)8-18-21-17(9-16(19)24)22-23(18)15-6-5-12-3-2-4-13(12)7-15/h5-7,10H,2-4,8-9H2,1H3,(H2,19,24). The summed E-state index contributed by atoms with van der Waals surface area (Å²) < 4.78 is 1.82. The van der Waals surface area contributed by atoms with Gasteiger partial charge in [0.05, 0.1) is 29.2 Å². The molecule has 2 heterocycles. The van der Waals surface area contributed by atoms with E-state index in [0.29, 0.717) is 12.2 Å². The maximum absolute atomic E-state index is 11.3. The largest absolute Gasteiger partial charge is 0.369 e. The second kappa shape index (κ2) is 6.40. The summed E-state index contributed by atoms with van der Waals surface area (Å²) in [7, 11) is 0. The van der Waals surface area contributed by atoms with Crippen LogP contribution >= 0.6 is 11.3 Å². The van der Waals surface area contributed by atoms with Crippen molar-refractivity contribution in [2.24, 2.45) is 5.73 Å². The molecular formula is C18H19N5OS. The molecule has 6 nitrogen and oxygen atoms in total. The molecule has 1 aromatic carbocycles. The SMILES string of the molecule is Cc1nc(Cc2nc(CC(N)=O)nn2-c2ccc3c(c2)CCC3)cs1. The molecule has 0 bridgehead atoms. The lowest BCUT2D eigenvalue weighted by Crippen LogP contribution is -2.14. The highest BCUT2D eigenvalue weighted by atomic mass is 32.1. The van der Waals surface area contributed by atoms with Crippen molar-refractivity contribution in [1.29, 1.82) is 0 Å². The molecule has 0 spiro atoms. The van der Waals surface area contributed by atoms with Gasteiger partial charge in [-0.1, -0.05) is 6.07 Å². The van der Waals surface area contributed by atoms with Gasteiger partial charge in [0.1, 0.15) is 5.82 Å². The van der Waals surface area contributed by atoms with E-state index in [4.69, 9.17) is 5.73 Å². The van der Waals surface area contributed by atoms with Gasteiger partial charge in [0.15, 0.2) is 5.82 Å². The maximum Gasteiger partial charge on any atom is 0.225 e. The van der Waals surface area contributed by atoms with Crippen LogP contribution in [0.5, 0.6) is 0 Å². The summed E-state index contributed by atoms with van der Waals surface area (Å²) in [6.07, 6.45) is 4.07. The minimum absolute atomic E-state index is 0.0427. The average molecular weight is 353 g/mol. The van der Waals surface area contributed by atoms with Crippen molar-refractivity contribution in [2.75, 3.05) is 0 Å². The third-order valence-corrected chi connectivity index (χ3v) is 5.21. The molecule has 25 heavy (non-hydrogen) atoms. The third kappa shape index (κ3) is 3.32. The monoisotopic (exact) mass is 353 g/mol. The van der Waals surface area contributed by atoms with E-state index in [1.165, 1.54) is 17.5 Å². The first-order chi connectivity index (χ1) is 12.1. The number of rotatable bonds is 5. The Morgan fingerprint density at radius 3 is 2.88 bits per heavy atom. The number of hydrogen-bond donors (Lipinski definition) is 1. The Morgan fingerprint density at radius 1 is 1.28 bits per heavy atom. The minimum Gasteiger partial charge on any atom is -0.369 e. The Balaban J connectivity index is 1.73. The molecule has 3 aromatic rings. The smallest absolute Gasteiger partial charge is 0.225 e. The van der Waals surface area contributed by atoms with Crippen LogP contribution in [0.15, 0.2) is 23.6 Å². The molecule has 0 atom stereocenters. The molecule has 0 saturated heterocycles. The summed E-state index contributed by atoms with van der Waals surface area (Å²) in [6.45, 7) is 1.98. The predicted molar refractivity (Wildman–Crippen MR) is 95.9 cm³/mol. The van der Waals surface area contributed by atoms with Crippen LogP contribution in [0.25, 0.3) is 5.69 Å². The molecule has 0 aliphatic heterocycles. The third-order valence-electron chi connectivity index (χ3n) is 4.38. The fraction of sp³-hybridized carbons (Fsp3) is 0.333. The molecular weight excluding hydrogens is 334 g/mol. The van der Waals surface area contributed by atoms with Gasteiger partial charge in [-0.15, -0.1) is 11.3 Å². The van der Waals surface area contributed by atoms with Gasteiger partial charge in [-0.25, -0.2) is 14.6 Å². The van der Waals surface area contributed by atoms with E-state index in [1.54, 1.807) is 11.3 Å². The zero-order chi connectivity index (χ0) is 17.4. The van der Waals surface area contributed by atoms with Crippen LogP contribution in [-0.4, -0.2) is 25.7 Å². The van der Waals surface area contributed by atoms with Gasteiger partial charge >= 0.3 is 0 Å². The fourth-order valence-electron chi connectivity index (χ4n) is 3.29. The van der Waals surface area contributed by atoms with Gasteiger partial charge in [0, 0.05) is 5.38 Å². The summed E-state index contributed by atoms with van der Waals surface area (Å²) >= 11 is 1.62. The van der Waals surface area contributed by atoms with Crippen molar-refractivity contribution in [2.45, 2.75) is 39.0 Å². The summed E-state index contributed by atoms with van der Waals surface area (Å²) in [5, 5.41) is 7.59. The van der Waals surface area contributed by atoms with Crippen LogP contribution in [0.2, 0.25) is 0 Å². The summed E-state index contributed by atoms with van der Waals surface area (Å²) in [6, 6.07) is 6.42. The van der Waals surface area contributed by atoms with Crippen LogP contribution in [0.3, 0.4) is 0 Å². The quantitative estimate of drug-likeness (QED) is 0.761. The van der Waals surface area contributed by atoms with E-state index in [9.17, 15) is 4.79 Å². The number of primary amides is 1. The number of nitrogens with zero attached hydrogens (tertiary/aromatic N) is 4. The number of nitrogens with two attached hydrogens (primary N) is 1. The number of benzene rings is 1. The highest BCUT2D eigenvalue weighted by Crippen LogP contribution is 2.25. The number of fused-ring (bicyclic) bond motifs is 1. The Labute approximate surface area is 149 Å². The van der Waals surface area contributed by atoms with E-state index in [1.807, 2.05) is 17.0 Å². The van der Waals surface area contributed by atoms with E-state index in [-0.39, 0.29) is 6.42 Å². The van der Waals surface area contributed by atoms with Crippen LogP contribution in [0, 0.1) is 6.92 Å². The predicted octanol–water partition coefficient (Wildman–Crippen LogP) is 2.14. The fourth-order valence-corrected chi connectivity index (χ4v) is 3.90. The van der Waals surface area contributed by atoms with E-state index in [0.717, 1.165) is 35.1 Å². The number of carbonyl (C=O) groups is 1. The molecule has 0 unspecified atom stereocenters. The lowest BCUT2D eigenvalue weighted by atomic mass is 10.1. The highest BCUT2D eigenvalue weighted by molar-refractivity contribution is 7.09. The zero-order valence-electron chi connectivity index (χ0n) is 14.0. The van der Waals surface area contributed by atoms with E-state index >= 15 is 0 Å². The topological polar surface area (TPSA) is 86.7 Å². The first-order valence-corrected chi connectivity index (χ1v) is 9.23. The second-order valence-electron chi connectivity index (χ2n) is 6.34. The minimum atomic E-state index is -0.429. The summed E-state index contributed by atoms with van der Waals surface area (Å²) in [5.41, 5.74) is 10.0. The molecule has 1 amide bonds. The number of thiazole rings is 1. The second-order valence-corrected chi connectivity index (χ2v) is 7.40. The molecule has 2 N–H and O–H groups in total. The van der Waals surface area contributed by atoms with Crippen molar-refractivity contribution in [3.05, 3.63) is 57.1 Å². The number of aromatic nitrogens is 4. The van der Waals surface area contributed by atoms with Gasteiger partial charge in [0.25, 0.3) is 0 Å². The summed E-state index contributed by atoms with van der Waals surface area (Å²) in [4.78, 5) is 20.3. The van der Waals surface area contributed by atoms with E-state index in [2.05, 4.69) is 33.3 Å². The lowest BCUT2D eigenvalue weighted by Gasteiger charge is -2.07. The maximum atomic E-state index is 11.3. The molecule has 0 fully saturated rings. The summed E-state index contributed by atoms with van der Waals surface area (Å²) in [5.74, 6) is 0.802. The lowest BCUT2D eigenvalue weighted by molar-refractivity contribution is -0.117. The van der Waals surface area contributed by atoms with Gasteiger partial charge in [-0.2, -0.15) is 5.10 Å². The van der Waals surface area contributed by atoms with Crippen molar-refractivity contribution in [3.63, 3.8) is 0 Å². The van der Waals surface area contributed by atoms with Crippen molar-refractivity contribution < 1.29 is 4.79 Å². The van der Waals surface area contributed by atoms with Crippen LogP contribution in [0.1, 0.15) is 39.9 Å². The molecule has 7 heteroatoms. The molecule has 1 aliphatic rings. The average Bonchev–Trinajstić information content (AvgIpc) is 3.26. The normalized spacial score (nSPS) is 13.2. The van der Waals surface area contributed by atoms with Gasteiger partial charge in [-0.3, -0.25) is 4.79 Å². The molecule has 1 aliphatic carbocycles. The van der Waals surface area contributed by atoms with Crippen molar-refractivity contribution >= 4 is 17.2 Å². The van der Waals surface area contributed by atoms with Gasteiger partial charge in [0.2, 0.25) is 5.91 Å². The molecule has 128 valence electrons.